The van der Waals surface area contributed by atoms with E-state index in [-0.39, 0.29) is 24.5 Å². The second-order valence-electron chi connectivity index (χ2n) is 6.69. The maximum Gasteiger partial charge on any atom is 0.416 e. The van der Waals surface area contributed by atoms with Gasteiger partial charge in [0.25, 0.3) is 0 Å². The number of benzene rings is 2. The summed E-state index contributed by atoms with van der Waals surface area (Å²) < 4.78 is 48.7. The molecule has 1 heterocycles. The average molecular weight is 407 g/mol. The fraction of sp³-hybridized carbons (Fsp3) is 0.333. The summed E-state index contributed by atoms with van der Waals surface area (Å²) in [6, 6.07) is 9.01. The van der Waals surface area contributed by atoms with Gasteiger partial charge in [0, 0.05) is 18.4 Å². The highest BCUT2D eigenvalue weighted by Crippen LogP contribution is 2.31. The first-order valence-corrected chi connectivity index (χ1v) is 9.13. The van der Waals surface area contributed by atoms with Gasteiger partial charge in [0.2, 0.25) is 5.91 Å². The summed E-state index contributed by atoms with van der Waals surface area (Å²) >= 11 is 0. The van der Waals surface area contributed by atoms with Crippen LogP contribution in [0.2, 0.25) is 0 Å². The number of fused-ring (bicyclic) bond motifs is 1. The Morgan fingerprint density at radius 2 is 1.66 bits per heavy atom. The first-order chi connectivity index (χ1) is 13.7. The summed E-state index contributed by atoms with van der Waals surface area (Å²) in [6.07, 6.45) is -4.43. The number of Topliss-reactive ketones (excluding diaryl/α,β-unsaturated/α-hetero) is 1. The van der Waals surface area contributed by atoms with Crippen LogP contribution < -0.4 is 14.8 Å². The van der Waals surface area contributed by atoms with E-state index in [1.54, 1.807) is 25.1 Å². The summed E-state index contributed by atoms with van der Waals surface area (Å²) in [5, 5.41) is 2.69. The van der Waals surface area contributed by atoms with Crippen LogP contribution in [0.4, 0.5) is 13.2 Å². The van der Waals surface area contributed by atoms with Crippen LogP contribution in [0.1, 0.15) is 47.3 Å². The molecule has 1 atom stereocenters. The molecule has 0 aliphatic carbocycles. The molecule has 29 heavy (non-hydrogen) atoms. The van der Waals surface area contributed by atoms with Crippen molar-refractivity contribution in [1.82, 2.24) is 5.32 Å². The van der Waals surface area contributed by atoms with E-state index in [9.17, 15) is 22.8 Å². The largest absolute Gasteiger partial charge is 0.486 e. The van der Waals surface area contributed by atoms with Crippen LogP contribution in [0, 0.1) is 0 Å². The van der Waals surface area contributed by atoms with E-state index in [1.165, 1.54) is 12.1 Å². The Hall–Kier alpha value is -3.03. The number of nitrogens with one attached hydrogen (secondary N) is 1. The van der Waals surface area contributed by atoms with Crippen molar-refractivity contribution in [2.45, 2.75) is 32.0 Å². The molecule has 0 aromatic heterocycles. The molecule has 1 aliphatic heterocycles. The Morgan fingerprint density at radius 1 is 1.00 bits per heavy atom. The molecule has 0 radical (unpaired) electrons. The van der Waals surface area contributed by atoms with Crippen molar-refractivity contribution >= 4 is 11.7 Å². The maximum absolute atomic E-state index is 12.6. The van der Waals surface area contributed by atoms with E-state index in [4.69, 9.17) is 9.47 Å². The molecule has 2 aromatic rings. The average Bonchev–Trinajstić information content (AvgIpc) is 2.71. The van der Waals surface area contributed by atoms with Crippen molar-refractivity contribution < 1.29 is 32.2 Å². The molecule has 0 saturated carbocycles. The van der Waals surface area contributed by atoms with Crippen LogP contribution in [-0.2, 0) is 11.0 Å². The third kappa shape index (κ3) is 5.28. The van der Waals surface area contributed by atoms with E-state index < -0.39 is 17.8 Å². The first-order valence-electron chi connectivity index (χ1n) is 9.13. The highest BCUT2D eigenvalue weighted by atomic mass is 19.4. The van der Waals surface area contributed by atoms with Crippen LogP contribution in [0.3, 0.4) is 0 Å². The SMILES string of the molecule is CC(NC(=O)CCC(=O)c1ccc2c(c1)OCCO2)c1ccc(C(F)(F)F)cc1. The molecule has 3 rings (SSSR count). The van der Waals surface area contributed by atoms with Crippen molar-refractivity contribution in [3.63, 3.8) is 0 Å². The predicted octanol–water partition coefficient (Wildman–Crippen LogP) is 4.32. The van der Waals surface area contributed by atoms with Gasteiger partial charge in [-0.05, 0) is 42.8 Å². The summed E-state index contributed by atoms with van der Waals surface area (Å²) in [7, 11) is 0. The summed E-state index contributed by atoms with van der Waals surface area (Å²) in [5.41, 5.74) is 0.229. The molecule has 8 heteroatoms. The number of hydrogen-bond donors (Lipinski definition) is 1. The molecule has 1 N–H and O–H groups in total. The second kappa shape index (κ2) is 8.55. The van der Waals surface area contributed by atoms with Crippen molar-refractivity contribution in [1.29, 1.82) is 0 Å². The van der Waals surface area contributed by atoms with E-state index in [1.807, 2.05) is 0 Å². The summed E-state index contributed by atoms with van der Waals surface area (Å²) in [6.45, 7) is 2.54. The standard InChI is InChI=1S/C21H20F3NO4/c1-13(14-2-5-16(6-3-14)21(22,23)24)25-20(27)9-7-17(26)15-4-8-18-19(12-15)29-11-10-28-18/h2-6,8,12-13H,7,9-11H2,1H3,(H,25,27). The van der Waals surface area contributed by atoms with Gasteiger partial charge in [-0.3, -0.25) is 9.59 Å². The number of ketones is 1. The number of ether oxygens (including phenoxy) is 2. The lowest BCUT2D eigenvalue weighted by Gasteiger charge is -2.18. The highest BCUT2D eigenvalue weighted by Gasteiger charge is 2.30. The zero-order valence-electron chi connectivity index (χ0n) is 15.7. The molecule has 2 aromatic carbocycles. The zero-order chi connectivity index (χ0) is 21.0. The molecule has 0 bridgehead atoms. The fourth-order valence-electron chi connectivity index (χ4n) is 2.95. The van der Waals surface area contributed by atoms with Crippen molar-refractivity contribution in [3.8, 4) is 11.5 Å². The van der Waals surface area contributed by atoms with Crippen LogP contribution in [0.25, 0.3) is 0 Å². The number of rotatable bonds is 6. The highest BCUT2D eigenvalue weighted by molar-refractivity contribution is 5.98. The molecular formula is C21H20F3NO4. The molecule has 1 aliphatic rings. The number of halogens is 3. The normalized spacial score (nSPS) is 14.2. The van der Waals surface area contributed by atoms with Crippen LogP contribution >= 0.6 is 0 Å². The number of carbonyl (C=O) groups excluding carboxylic acids is 2. The Labute approximate surface area is 165 Å². The Bertz CT molecular complexity index is 894. The van der Waals surface area contributed by atoms with Crippen molar-refractivity contribution in [2.75, 3.05) is 13.2 Å². The van der Waals surface area contributed by atoms with Gasteiger partial charge < -0.3 is 14.8 Å². The van der Waals surface area contributed by atoms with Gasteiger partial charge in [-0.1, -0.05) is 12.1 Å². The van der Waals surface area contributed by atoms with Gasteiger partial charge in [-0.2, -0.15) is 13.2 Å². The van der Waals surface area contributed by atoms with E-state index in [0.29, 0.717) is 35.8 Å². The van der Waals surface area contributed by atoms with Crippen molar-refractivity contribution in [2.24, 2.45) is 0 Å². The molecule has 1 unspecified atom stereocenters. The van der Waals surface area contributed by atoms with Gasteiger partial charge in [0.05, 0.1) is 11.6 Å². The van der Waals surface area contributed by atoms with Gasteiger partial charge >= 0.3 is 6.18 Å². The molecule has 1 amide bonds. The van der Waals surface area contributed by atoms with Gasteiger partial charge in [-0.15, -0.1) is 0 Å². The minimum atomic E-state index is -4.40. The minimum absolute atomic E-state index is 0.00517. The Balaban J connectivity index is 1.52. The van der Waals surface area contributed by atoms with E-state index >= 15 is 0 Å². The number of hydrogen-bond acceptors (Lipinski definition) is 4. The van der Waals surface area contributed by atoms with Crippen LogP contribution in [0.5, 0.6) is 11.5 Å². The lowest BCUT2D eigenvalue weighted by atomic mass is 10.0. The lowest BCUT2D eigenvalue weighted by Crippen LogP contribution is -2.27. The van der Waals surface area contributed by atoms with Crippen molar-refractivity contribution in [3.05, 3.63) is 59.2 Å². The van der Waals surface area contributed by atoms with Gasteiger partial charge in [-0.25, -0.2) is 0 Å². The topological polar surface area (TPSA) is 64.6 Å². The third-order valence-corrected chi connectivity index (χ3v) is 4.56. The molecule has 154 valence electrons. The van der Waals surface area contributed by atoms with Gasteiger partial charge in [0.1, 0.15) is 13.2 Å². The number of amides is 1. The summed E-state index contributed by atoms with van der Waals surface area (Å²) in [4.78, 5) is 24.5. The molecule has 0 spiro atoms. The molecular weight excluding hydrogens is 387 g/mol. The lowest BCUT2D eigenvalue weighted by molar-refractivity contribution is -0.137. The van der Waals surface area contributed by atoms with E-state index in [2.05, 4.69) is 5.32 Å². The second-order valence-corrected chi connectivity index (χ2v) is 6.69. The Morgan fingerprint density at radius 3 is 2.31 bits per heavy atom. The third-order valence-electron chi connectivity index (χ3n) is 4.56. The monoisotopic (exact) mass is 407 g/mol. The maximum atomic E-state index is 12.6. The fourth-order valence-corrected chi connectivity index (χ4v) is 2.95. The Kier molecular flexibility index (Phi) is 6.10. The predicted molar refractivity (Wildman–Crippen MR) is 99.0 cm³/mol. The minimum Gasteiger partial charge on any atom is -0.486 e. The number of carbonyl (C=O) groups is 2. The molecule has 5 nitrogen and oxygen atoms in total. The smallest absolute Gasteiger partial charge is 0.416 e. The first kappa shape index (κ1) is 20.7. The van der Waals surface area contributed by atoms with E-state index in [0.717, 1.165) is 12.1 Å². The summed E-state index contributed by atoms with van der Waals surface area (Å²) in [5.74, 6) is 0.515. The van der Waals surface area contributed by atoms with Crippen LogP contribution in [-0.4, -0.2) is 24.9 Å². The van der Waals surface area contributed by atoms with Crippen LogP contribution in [0.15, 0.2) is 42.5 Å². The zero-order valence-corrected chi connectivity index (χ0v) is 15.7. The van der Waals surface area contributed by atoms with Gasteiger partial charge in [0.15, 0.2) is 17.3 Å². The number of alkyl halides is 3. The molecule has 0 saturated heterocycles. The quantitative estimate of drug-likeness (QED) is 0.725. The molecule has 0 fully saturated rings.